The van der Waals surface area contributed by atoms with Gasteiger partial charge in [0.25, 0.3) is 0 Å². The number of carbonyl (C=O) groups is 2. The molecule has 2 amide bonds. The van der Waals surface area contributed by atoms with Crippen molar-refractivity contribution in [3.63, 3.8) is 0 Å². The Morgan fingerprint density at radius 1 is 1.43 bits per heavy atom. The zero-order valence-electron chi connectivity index (χ0n) is 12.6. The number of nitrogens with one attached hydrogen (secondary N) is 1. The van der Waals surface area contributed by atoms with Gasteiger partial charge in [-0.25, -0.2) is 0 Å². The van der Waals surface area contributed by atoms with Gasteiger partial charge in [0.15, 0.2) is 0 Å². The summed E-state index contributed by atoms with van der Waals surface area (Å²) in [5, 5.41) is 3.02. The minimum absolute atomic E-state index is 0.0343. The Balaban J connectivity index is 1.84. The van der Waals surface area contributed by atoms with Crippen LogP contribution in [0.2, 0.25) is 0 Å². The second kappa shape index (κ2) is 6.61. The molecule has 0 radical (unpaired) electrons. The molecule has 5 nitrogen and oxygen atoms in total. The summed E-state index contributed by atoms with van der Waals surface area (Å²) in [5.41, 5.74) is 7.50. The maximum Gasteiger partial charge on any atom is 0.222 e. The summed E-state index contributed by atoms with van der Waals surface area (Å²) in [6.45, 7) is 2.63. The molecule has 2 atom stereocenters. The van der Waals surface area contributed by atoms with Crippen LogP contribution >= 0.6 is 0 Å². The van der Waals surface area contributed by atoms with E-state index < -0.39 is 0 Å². The molecule has 5 heteroatoms. The highest BCUT2D eigenvalue weighted by atomic mass is 16.2. The van der Waals surface area contributed by atoms with Crippen LogP contribution in [0.3, 0.4) is 0 Å². The van der Waals surface area contributed by atoms with E-state index in [2.05, 4.69) is 5.32 Å². The highest BCUT2D eigenvalue weighted by Crippen LogP contribution is 2.20. The highest BCUT2D eigenvalue weighted by Gasteiger charge is 2.24. The first kappa shape index (κ1) is 15.4. The highest BCUT2D eigenvalue weighted by molar-refractivity contribution is 5.79. The molecule has 0 saturated carbocycles. The lowest BCUT2D eigenvalue weighted by Crippen LogP contribution is -2.48. The minimum atomic E-state index is 0.0343. The number of benzene rings is 1. The summed E-state index contributed by atoms with van der Waals surface area (Å²) in [7, 11) is 1.78. The van der Waals surface area contributed by atoms with Gasteiger partial charge in [-0.1, -0.05) is 19.1 Å². The monoisotopic (exact) mass is 289 g/mol. The molecule has 2 rings (SSSR count). The van der Waals surface area contributed by atoms with E-state index in [0.29, 0.717) is 19.4 Å². The van der Waals surface area contributed by atoms with Crippen LogP contribution in [-0.2, 0) is 9.59 Å². The largest absolute Gasteiger partial charge is 0.399 e. The number of nitrogen functional groups attached to an aromatic ring is 1. The Morgan fingerprint density at radius 3 is 2.71 bits per heavy atom. The summed E-state index contributed by atoms with van der Waals surface area (Å²) < 4.78 is 0. The van der Waals surface area contributed by atoms with Crippen LogP contribution in [0.15, 0.2) is 24.3 Å². The summed E-state index contributed by atoms with van der Waals surface area (Å²) in [5.74, 6) is 0.330. The molecule has 1 aromatic rings. The number of hydrogen-bond donors (Lipinski definition) is 2. The molecule has 21 heavy (non-hydrogen) atoms. The predicted molar refractivity (Wildman–Crippen MR) is 82.7 cm³/mol. The van der Waals surface area contributed by atoms with Gasteiger partial charge in [-0.15, -0.1) is 0 Å². The van der Waals surface area contributed by atoms with Crippen molar-refractivity contribution < 1.29 is 9.59 Å². The third-order valence-electron chi connectivity index (χ3n) is 3.99. The fourth-order valence-electron chi connectivity index (χ4n) is 2.64. The van der Waals surface area contributed by atoms with E-state index in [-0.39, 0.29) is 23.8 Å². The molecule has 0 spiro atoms. The van der Waals surface area contributed by atoms with Crippen LogP contribution in [0.5, 0.6) is 0 Å². The summed E-state index contributed by atoms with van der Waals surface area (Å²) in [6.07, 6.45) is 1.68. The maximum atomic E-state index is 12.1. The average Bonchev–Trinajstić information content (AvgIpc) is 2.43. The number of likely N-dealkylation sites (tertiary alicyclic amines) is 1. The summed E-state index contributed by atoms with van der Waals surface area (Å²) in [4.78, 5) is 25.2. The number of nitrogens with zero attached hydrogens (tertiary/aromatic N) is 1. The molecule has 3 N–H and O–H groups in total. The molecule has 1 fully saturated rings. The second-order valence-electron chi connectivity index (χ2n) is 5.85. The van der Waals surface area contributed by atoms with Crippen molar-refractivity contribution in [2.24, 2.45) is 0 Å². The first-order valence-electron chi connectivity index (χ1n) is 7.34. The predicted octanol–water partition coefficient (Wildman–Crippen LogP) is 1.50. The first-order valence-corrected chi connectivity index (χ1v) is 7.34. The molecule has 1 heterocycles. The van der Waals surface area contributed by atoms with E-state index in [1.807, 2.05) is 31.2 Å². The van der Waals surface area contributed by atoms with Gasteiger partial charge < -0.3 is 16.0 Å². The molecule has 0 aromatic heterocycles. The van der Waals surface area contributed by atoms with Crippen molar-refractivity contribution in [2.45, 2.75) is 38.1 Å². The Morgan fingerprint density at radius 2 is 2.10 bits per heavy atom. The van der Waals surface area contributed by atoms with E-state index in [1.165, 1.54) is 0 Å². The van der Waals surface area contributed by atoms with E-state index in [4.69, 9.17) is 5.73 Å². The number of amides is 2. The Hall–Kier alpha value is -2.04. The molecule has 2 unspecified atom stereocenters. The van der Waals surface area contributed by atoms with Gasteiger partial charge in [-0.3, -0.25) is 9.59 Å². The zero-order valence-corrected chi connectivity index (χ0v) is 12.6. The number of likely N-dealkylation sites (N-methyl/N-ethyl adjacent to an activating group) is 1. The fraction of sp³-hybridized carbons (Fsp3) is 0.500. The Kier molecular flexibility index (Phi) is 4.83. The fourth-order valence-corrected chi connectivity index (χ4v) is 2.64. The van der Waals surface area contributed by atoms with Crippen LogP contribution < -0.4 is 11.1 Å². The van der Waals surface area contributed by atoms with Crippen molar-refractivity contribution >= 4 is 17.5 Å². The number of hydrogen-bond acceptors (Lipinski definition) is 3. The Labute approximate surface area is 125 Å². The van der Waals surface area contributed by atoms with Crippen molar-refractivity contribution in [1.29, 1.82) is 0 Å². The van der Waals surface area contributed by atoms with Gasteiger partial charge in [-0.2, -0.15) is 0 Å². The normalized spacial score (nSPS) is 20.2. The van der Waals surface area contributed by atoms with Crippen molar-refractivity contribution in [3.05, 3.63) is 29.8 Å². The molecule has 1 aromatic carbocycles. The second-order valence-corrected chi connectivity index (χ2v) is 5.85. The molecular formula is C16H23N3O2. The average molecular weight is 289 g/mol. The molecular weight excluding hydrogens is 266 g/mol. The number of nitrogens with two attached hydrogens (primary N) is 1. The van der Waals surface area contributed by atoms with Gasteiger partial charge in [0.1, 0.15) is 0 Å². The van der Waals surface area contributed by atoms with Crippen LogP contribution in [-0.4, -0.2) is 36.3 Å². The summed E-state index contributed by atoms with van der Waals surface area (Å²) in [6, 6.07) is 7.69. The zero-order chi connectivity index (χ0) is 15.4. The van der Waals surface area contributed by atoms with Gasteiger partial charge >= 0.3 is 0 Å². The van der Waals surface area contributed by atoms with E-state index >= 15 is 0 Å². The number of anilines is 1. The lowest BCUT2D eigenvalue weighted by molar-refractivity contribution is -0.134. The van der Waals surface area contributed by atoms with Gasteiger partial charge in [0.2, 0.25) is 11.8 Å². The first-order chi connectivity index (χ1) is 9.95. The third kappa shape index (κ3) is 4.21. The van der Waals surface area contributed by atoms with Crippen molar-refractivity contribution in [2.75, 3.05) is 19.3 Å². The van der Waals surface area contributed by atoms with Gasteiger partial charge in [-0.05, 0) is 30.0 Å². The van der Waals surface area contributed by atoms with Gasteiger partial charge in [0, 0.05) is 38.2 Å². The van der Waals surface area contributed by atoms with Crippen molar-refractivity contribution in [1.82, 2.24) is 10.2 Å². The SMILES string of the molecule is CC(CC(=O)NC1CCC(=O)N(C)C1)c1ccc(N)cc1. The van der Waals surface area contributed by atoms with E-state index in [9.17, 15) is 9.59 Å². The minimum Gasteiger partial charge on any atom is -0.399 e. The quantitative estimate of drug-likeness (QED) is 0.825. The topological polar surface area (TPSA) is 75.4 Å². The van der Waals surface area contributed by atoms with Gasteiger partial charge in [0.05, 0.1) is 0 Å². The lowest BCUT2D eigenvalue weighted by Gasteiger charge is -2.30. The number of rotatable bonds is 4. The summed E-state index contributed by atoms with van der Waals surface area (Å²) >= 11 is 0. The molecule has 0 aliphatic carbocycles. The Bertz CT molecular complexity index is 513. The van der Waals surface area contributed by atoms with E-state index in [1.54, 1.807) is 11.9 Å². The number of carbonyl (C=O) groups excluding carboxylic acids is 2. The standard InChI is InChI=1S/C16H23N3O2/c1-11(12-3-5-13(17)6-4-12)9-15(20)18-14-7-8-16(21)19(2)10-14/h3-6,11,14H,7-10,17H2,1-2H3,(H,18,20). The van der Waals surface area contributed by atoms with Crippen molar-refractivity contribution in [3.8, 4) is 0 Å². The van der Waals surface area contributed by atoms with Crippen LogP contribution in [0, 0.1) is 0 Å². The molecule has 1 saturated heterocycles. The smallest absolute Gasteiger partial charge is 0.222 e. The van der Waals surface area contributed by atoms with E-state index in [0.717, 1.165) is 17.7 Å². The number of piperidine rings is 1. The van der Waals surface area contributed by atoms with Crippen LogP contribution in [0.4, 0.5) is 5.69 Å². The lowest BCUT2D eigenvalue weighted by atomic mass is 9.96. The molecule has 1 aliphatic rings. The third-order valence-corrected chi connectivity index (χ3v) is 3.99. The molecule has 1 aliphatic heterocycles. The molecule has 0 bridgehead atoms. The van der Waals surface area contributed by atoms with Crippen LogP contribution in [0.25, 0.3) is 0 Å². The van der Waals surface area contributed by atoms with Crippen LogP contribution in [0.1, 0.15) is 37.7 Å². The molecule has 114 valence electrons. The maximum absolute atomic E-state index is 12.1.